The summed E-state index contributed by atoms with van der Waals surface area (Å²) in [6.45, 7) is 1.88. The van der Waals surface area contributed by atoms with Gasteiger partial charge in [-0.15, -0.1) is 0 Å². The molecule has 4 nitrogen and oxygen atoms in total. The highest BCUT2D eigenvalue weighted by molar-refractivity contribution is 5.92. The summed E-state index contributed by atoms with van der Waals surface area (Å²) in [7, 11) is 1.89. The van der Waals surface area contributed by atoms with Crippen LogP contribution < -0.4 is 0 Å². The molecule has 1 aromatic heterocycles. The van der Waals surface area contributed by atoms with E-state index in [1.807, 2.05) is 30.8 Å². The zero-order chi connectivity index (χ0) is 10.3. The molecule has 0 N–H and O–H groups in total. The third-order valence-electron chi connectivity index (χ3n) is 2.38. The molecule has 0 fully saturated rings. The Morgan fingerprint density at radius 1 is 1.43 bits per heavy atom. The van der Waals surface area contributed by atoms with Crippen LogP contribution in [0.1, 0.15) is 5.56 Å². The van der Waals surface area contributed by atoms with Crippen molar-refractivity contribution in [3.8, 4) is 0 Å². The SMILES string of the molecule is Cc1cn(C)c2cccc([N+](=O)[O-])c12. The number of hydrogen-bond acceptors (Lipinski definition) is 2. The first-order valence-electron chi connectivity index (χ1n) is 4.30. The Kier molecular flexibility index (Phi) is 1.77. The molecule has 4 heteroatoms. The van der Waals surface area contributed by atoms with Crippen molar-refractivity contribution in [1.29, 1.82) is 0 Å². The molecule has 1 aromatic carbocycles. The molecule has 0 aliphatic heterocycles. The predicted molar refractivity (Wildman–Crippen MR) is 54.3 cm³/mol. The van der Waals surface area contributed by atoms with Crippen molar-refractivity contribution < 1.29 is 4.92 Å². The summed E-state index contributed by atoms with van der Waals surface area (Å²) in [6, 6.07) is 5.13. The van der Waals surface area contributed by atoms with Crippen molar-refractivity contribution in [1.82, 2.24) is 4.57 Å². The Labute approximate surface area is 80.9 Å². The monoisotopic (exact) mass is 190 g/mol. The number of nitro groups is 1. The largest absolute Gasteiger partial charge is 0.350 e. The number of hydrogen-bond donors (Lipinski definition) is 0. The van der Waals surface area contributed by atoms with Crippen LogP contribution in [0.15, 0.2) is 24.4 Å². The first-order valence-corrected chi connectivity index (χ1v) is 4.30. The van der Waals surface area contributed by atoms with Crippen LogP contribution in [0.25, 0.3) is 10.9 Å². The molecule has 0 saturated carbocycles. The number of non-ortho nitro benzene ring substituents is 1. The molecule has 0 aliphatic rings. The minimum atomic E-state index is -0.338. The minimum Gasteiger partial charge on any atom is -0.350 e. The van der Waals surface area contributed by atoms with Gasteiger partial charge in [0.25, 0.3) is 5.69 Å². The molecular weight excluding hydrogens is 180 g/mol. The lowest BCUT2D eigenvalue weighted by molar-refractivity contribution is -0.383. The molecule has 0 aliphatic carbocycles. The zero-order valence-corrected chi connectivity index (χ0v) is 8.02. The van der Waals surface area contributed by atoms with E-state index in [2.05, 4.69) is 0 Å². The molecule has 0 atom stereocenters. The Morgan fingerprint density at radius 3 is 2.79 bits per heavy atom. The Balaban J connectivity index is 2.92. The number of rotatable bonds is 1. The van der Waals surface area contributed by atoms with E-state index in [1.54, 1.807) is 6.07 Å². The number of nitro benzene ring substituents is 1. The average Bonchev–Trinajstić information content (AvgIpc) is 2.43. The van der Waals surface area contributed by atoms with Gasteiger partial charge < -0.3 is 4.57 Å². The zero-order valence-electron chi connectivity index (χ0n) is 8.02. The maximum Gasteiger partial charge on any atom is 0.279 e. The summed E-state index contributed by atoms with van der Waals surface area (Å²) in [4.78, 5) is 10.4. The Bertz CT molecular complexity index is 514. The Hall–Kier alpha value is -1.84. The van der Waals surface area contributed by atoms with Gasteiger partial charge in [-0.3, -0.25) is 10.1 Å². The second kappa shape index (κ2) is 2.83. The number of aromatic nitrogens is 1. The van der Waals surface area contributed by atoms with Crippen molar-refractivity contribution in [2.75, 3.05) is 0 Å². The van der Waals surface area contributed by atoms with Crippen LogP contribution in [0.2, 0.25) is 0 Å². The van der Waals surface area contributed by atoms with Crippen molar-refractivity contribution in [2.45, 2.75) is 6.92 Å². The summed E-state index contributed by atoms with van der Waals surface area (Å²) in [6.07, 6.45) is 1.90. The van der Waals surface area contributed by atoms with Gasteiger partial charge in [-0.05, 0) is 18.6 Å². The normalized spacial score (nSPS) is 10.7. The molecule has 1 heterocycles. The van der Waals surface area contributed by atoms with Crippen LogP contribution in [0, 0.1) is 17.0 Å². The third kappa shape index (κ3) is 1.08. The fraction of sp³-hybridized carbons (Fsp3) is 0.200. The van der Waals surface area contributed by atoms with Crippen LogP contribution in [0.5, 0.6) is 0 Å². The molecule has 2 aromatic rings. The lowest BCUT2D eigenvalue weighted by Gasteiger charge is -1.96. The maximum absolute atomic E-state index is 10.8. The first-order chi connectivity index (χ1) is 6.61. The first kappa shape index (κ1) is 8.74. The van der Waals surface area contributed by atoms with Gasteiger partial charge >= 0.3 is 0 Å². The van der Waals surface area contributed by atoms with Gasteiger partial charge in [-0.1, -0.05) is 6.07 Å². The Morgan fingerprint density at radius 2 is 2.14 bits per heavy atom. The molecular formula is C10H10N2O2. The fourth-order valence-corrected chi connectivity index (χ4v) is 1.80. The molecule has 0 radical (unpaired) electrons. The minimum absolute atomic E-state index is 0.181. The third-order valence-corrected chi connectivity index (χ3v) is 2.38. The van der Waals surface area contributed by atoms with Gasteiger partial charge in [0.2, 0.25) is 0 Å². The molecule has 0 spiro atoms. The predicted octanol–water partition coefficient (Wildman–Crippen LogP) is 2.39. The molecule has 0 bridgehead atoms. The molecule has 72 valence electrons. The number of fused-ring (bicyclic) bond motifs is 1. The lowest BCUT2D eigenvalue weighted by Crippen LogP contribution is -1.89. The van der Waals surface area contributed by atoms with Crippen LogP contribution in [-0.4, -0.2) is 9.49 Å². The van der Waals surface area contributed by atoms with Crippen LogP contribution in [0.3, 0.4) is 0 Å². The molecule has 2 rings (SSSR count). The van der Waals surface area contributed by atoms with Gasteiger partial charge in [-0.25, -0.2) is 0 Å². The summed E-state index contributed by atoms with van der Waals surface area (Å²) in [5.74, 6) is 0. The number of benzene rings is 1. The highest BCUT2D eigenvalue weighted by atomic mass is 16.6. The van der Waals surface area contributed by atoms with E-state index in [0.717, 1.165) is 16.5 Å². The van der Waals surface area contributed by atoms with E-state index >= 15 is 0 Å². The van der Waals surface area contributed by atoms with Crippen LogP contribution >= 0.6 is 0 Å². The number of aryl methyl sites for hydroxylation is 2. The second-order valence-corrected chi connectivity index (χ2v) is 3.35. The second-order valence-electron chi connectivity index (χ2n) is 3.35. The van der Waals surface area contributed by atoms with Gasteiger partial charge in [0, 0.05) is 19.3 Å². The quantitative estimate of drug-likeness (QED) is 0.512. The van der Waals surface area contributed by atoms with Gasteiger partial charge in [0.15, 0.2) is 0 Å². The fourth-order valence-electron chi connectivity index (χ4n) is 1.80. The summed E-state index contributed by atoms with van der Waals surface area (Å²) in [5, 5.41) is 11.5. The van der Waals surface area contributed by atoms with E-state index in [0.29, 0.717) is 0 Å². The van der Waals surface area contributed by atoms with Crippen molar-refractivity contribution in [3.63, 3.8) is 0 Å². The maximum atomic E-state index is 10.8. The molecule has 14 heavy (non-hydrogen) atoms. The number of nitrogens with zero attached hydrogens (tertiary/aromatic N) is 2. The van der Waals surface area contributed by atoms with Crippen molar-refractivity contribution in [2.24, 2.45) is 7.05 Å². The van der Waals surface area contributed by atoms with Gasteiger partial charge in [0.05, 0.1) is 15.8 Å². The molecule has 0 amide bonds. The average molecular weight is 190 g/mol. The van der Waals surface area contributed by atoms with E-state index in [4.69, 9.17) is 0 Å². The van der Waals surface area contributed by atoms with Crippen molar-refractivity contribution >= 4 is 16.6 Å². The summed E-state index contributed by atoms with van der Waals surface area (Å²) >= 11 is 0. The van der Waals surface area contributed by atoms with Gasteiger partial charge in [0.1, 0.15) is 0 Å². The van der Waals surface area contributed by atoms with Crippen LogP contribution in [-0.2, 0) is 7.05 Å². The van der Waals surface area contributed by atoms with E-state index < -0.39 is 0 Å². The van der Waals surface area contributed by atoms with Crippen molar-refractivity contribution in [3.05, 3.63) is 40.1 Å². The topological polar surface area (TPSA) is 48.1 Å². The van der Waals surface area contributed by atoms with Gasteiger partial charge in [-0.2, -0.15) is 0 Å². The van der Waals surface area contributed by atoms with Crippen LogP contribution in [0.4, 0.5) is 5.69 Å². The highest BCUT2D eigenvalue weighted by Crippen LogP contribution is 2.28. The van der Waals surface area contributed by atoms with E-state index in [9.17, 15) is 10.1 Å². The smallest absolute Gasteiger partial charge is 0.279 e. The van der Waals surface area contributed by atoms with E-state index in [1.165, 1.54) is 6.07 Å². The lowest BCUT2D eigenvalue weighted by atomic mass is 10.1. The summed E-state index contributed by atoms with van der Waals surface area (Å²) in [5.41, 5.74) is 2.02. The standard InChI is InChI=1S/C10H10N2O2/c1-7-6-11(2)8-4-3-5-9(10(7)8)12(13)14/h3-6H,1-2H3. The summed E-state index contributed by atoms with van der Waals surface area (Å²) < 4.78 is 1.90. The highest BCUT2D eigenvalue weighted by Gasteiger charge is 2.15. The molecule has 0 saturated heterocycles. The van der Waals surface area contributed by atoms with E-state index in [-0.39, 0.29) is 10.6 Å². The molecule has 0 unspecified atom stereocenters.